The number of ketones is 1. The standard InChI is InChI=1S/C16H22O3/c17-15(14-10-6-5-7-11-14)12-8-3-1-2-4-9-13-16(18)19/h5-7,10-11H,1-4,8-9,12-13H2,(H,18,19). The Morgan fingerprint density at radius 3 is 1.89 bits per heavy atom. The van der Waals surface area contributed by atoms with Gasteiger partial charge >= 0.3 is 5.97 Å². The van der Waals surface area contributed by atoms with Crippen molar-refractivity contribution in [3.63, 3.8) is 0 Å². The van der Waals surface area contributed by atoms with Gasteiger partial charge in [0.1, 0.15) is 0 Å². The highest BCUT2D eigenvalue weighted by Gasteiger charge is 2.04. The van der Waals surface area contributed by atoms with Gasteiger partial charge in [-0.2, -0.15) is 0 Å². The number of carbonyl (C=O) groups excluding carboxylic acids is 1. The first-order valence-corrected chi connectivity index (χ1v) is 7.00. The van der Waals surface area contributed by atoms with Crippen LogP contribution in [0, 0.1) is 0 Å². The van der Waals surface area contributed by atoms with Crippen molar-refractivity contribution in [3.05, 3.63) is 35.9 Å². The van der Waals surface area contributed by atoms with Crippen molar-refractivity contribution in [1.29, 1.82) is 0 Å². The predicted molar refractivity (Wildman–Crippen MR) is 75.3 cm³/mol. The molecule has 1 rings (SSSR count). The minimum Gasteiger partial charge on any atom is -0.481 e. The van der Waals surface area contributed by atoms with Gasteiger partial charge in [-0.05, 0) is 12.8 Å². The highest BCUT2D eigenvalue weighted by Crippen LogP contribution is 2.11. The number of hydrogen-bond acceptors (Lipinski definition) is 2. The van der Waals surface area contributed by atoms with E-state index in [0.717, 1.165) is 44.1 Å². The number of carboxylic acid groups (broad SMARTS) is 1. The molecule has 0 spiro atoms. The molecule has 0 unspecified atom stereocenters. The minimum atomic E-state index is -0.714. The van der Waals surface area contributed by atoms with Crippen molar-refractivity contribution < 1.29 is 14.7 Å². The molecule has 0 aromatic heterocycles. The Kier molecular flexibility index (Phi) is 7.56. The van der Waals surface area contributed by atoms with Crippen molar-refractivity contribution in [2.24, 2.45) is 0 Å². The summed E-state index contributed by atoms with van der Waals surface area (Å²) in [5.74, 6) is -0.500. The number of unbranched alkanes of at least 4 members (excludes halogenated alkanes) is 5. The fourth-order valence-electron chi connectivity index (χ4n) is 2.04. The Morgan fingerprint density at radius 1 is 0.789 bits per heavy atom. The number of benzene rings is 1. The summed E-state index contributed by atoms with van der Waals surface area (Å²) in [6.45, 7) is 0. The molecule has 0 fully saturated rings. The summed E-state index contributed by atoms with van der Waals surface area (Å²) >= 11 is 0. The molecule has 0 amide bonds. The molecule has 19 heavy (non-hydrogen) atoms. The average Bonchev–Trinajstić information content (AvgIpc) is 2.42. The van der Waals surface area contributed by atoms with Gasteiger partial charge in [0.25, 0.3) is 0 Å². The van der Waals surface area contributed by atoms with Crippen LogP contribution in [0.25, 0.3) is 0 Å². The lowest BCUT2D eigenvalue weighted by molar-refractivity contribution is -0.137. The third kappa shape index (κ3) is 7.39. The zero-order valence-electron chi connectivity index (χ0n) is 11.3. The molecule has 0 saturated heterocycles. The van der Waals surface area contributed by atoms with Gasteiger partial charge in [0.15, 0.2) is 5.78 Å². The van der Waals surface area contributed by atoms with E-state index in [2.05, 4.69) is 0 Å². The highest BCUT2D eigenvalue weighted by molar-refractivity contribution is 5.95. The van der Waals surface area contributed by atoms with E-state index in [1.807, 2.05) is 30.3 Å². The van der Waals surface area contributed by atoms with Gasteiger partial charge in [-0.25, -0.2) is 0 Å². The summed E-state index contributed by atoms with van der Waals surface area (Å²) in [5, 5.41) is 8.49. The van der Waals surface area contributed by atoms with E-state index < -0.39 is 5.97 Å². The van der Waals surface area contributed by atoms with E-state index in [1.54, 1.807) is 0 Å². The molecule has 3 heteroatoms. The highest BCUT2D eigenvalue weighted by atomic mass is 16.4. The van der Waals surface area contributed by atoms with Crippen LogP contribution in [0.1, 0.15) is 61.7 Å². The van der Waals surface area contributed by atoms with Crippen LogP contribution in [-0.2, 0) is 4.79 Å². The lowest BCUT2D eigenvalue weighted by Crippen LogP contribution is -1.98. The zero-order valence-corrected chi connectivity index (χ0v) is 11.3. The van der Waals surface area contributed by atoms with Crippen LogP contribution < -0.4 is 0 Å². The molecule has 0 atom stereocenters. The molecule has 0 saturated carbocycles. The molecule has 0 aliphatic heterocycles. The number of aliphatic carboxylic acids is 1. The Hall–Kier alpha value is -1.64. The third-order valence-corrected chi connectivity index (χ3v) is 3.14. The van der Waals surface area contributed by atoms with Gasteiger partial charge in [0.05, 0.1) is 0 Å². The quantitative estimate of drug-likeness (QED) is 0.510. The van der Waals surface area contributed by atoms with Crippen LogP contribution in [0.5, 0.6) is 0 Å². The summed E-state index contributed by atoms with van der Waals surface area (Å²) in [5.41, 5.74) is 0.795. The minimum absolute atomic E-state index is 0.214. The lowest BCUT2D eigenvalue weighted by atomic mass is 10.0. The molecule has 0 heterocycles. The number of Topliss-reactive ketones (excluding diaryl/α,β-unsaturated/α-hetero) is 1. The topological polar surface area (TPSA) is 54.4 Å². The van der Waals surface area contributed by atoms with Crippen molar-refractivity contribution in [1.82, 2.24) is 0 Å². The van der Waals surface area contributed by atoms with Gasteiger partial charge in [-0.3, -0.25) is 9.59 Å². The number of carboxylic acids is 1. The van der Waals surface area contributed by atoms with Gasteiger partial charge < -0.3 is 5.11 Å². The van der Waals surface area contributed by atoms with E-state index in [9.17, 15) is 9.59 Å². The van der Waals surface area contributed by atoms with Crippen LogP contribution in [0.3, 0.4) is 0 Å². The smallest absolute Gasteiger partial charge is 0.303 e. The van der Waals surface area contributed by atoms with Gasteiger partial charge in [0, 0.05) is 18.4 Å². The molecule has 0 aliphatic carbocycles. The number of carbonyl (C=O) groups is 2. The SMILES string of the molecule is O=C(O)CCCCCCCCC(=O)c1ccccc1. The summed E-state index contributed by atoms with van der Waals surface area (Å²) in [7, 11) is 0. The third-order valence-electron chi connectivity index (χ3n) is 3.14. The van der Waals surface area contributed by atoms with Crippen LogP contribution >= 0.6 is 0 Å². The van der Waals surface area contributed by atoms with E-state index in [4.69, 9.17) is 5.11 Å². The normalized spacial score (nSPS) is 10.3. The molecule has 1 N–H and O–H groups in total. The molecular formula is C16H22O3. The van der Waals surface area contributed by atoms with Gasteiger partial charge in [-0.15, -0.1) is 0 Å². The summed E-state index contributed by atoms with van der Waals surface area (Å²) in [6, 6.07) is 9.39. The van der Waals surface area contributed by atoms with Crippen molar-refractivity contribution in [2.45, 2.75) is 51.4 Å². The molecule has 3 nitrogen and oxygen atoms in total. The summed E-state index contributed by atoms with van der Waals surface area (Å²) in [6.07, 6.45) is 6.73. The van der Waals surface area contributed by atoms with Crippen molar-refractivity contribution in [2.75, 3.05) is 0 Å². The van der Waals surface area contributed by atoms with E-state index in [-0.39, 0.29) is 12.2 Å². The summed E-state index contributed by atoms with van der Waals surface area (Å²) in [4.78, 5) is 22.1. The maximum absolute atomic E-state index is 11.8. The van der Waals surface area contributed by atoms with Crippen molar-refractivity contribution in [3.8, 4) is 0 Å². The van der Waals surface area contributed by atoms with E-state index in [0.29, 0.717) is 6.42 Å². The first-order valence-electron chi connectivity index (χ1n) is 7.00. The first-order chi connectivity index (χ1) is 9.20. The molecule has 0 bridgehead atoms. The van der Waals surface area contributed by atoms with E-state index in [1.165, 1.54) is 0 Å². The van der Waals surface area contributed by atoms with Crippen LogP contribution in [-0.4, -0.2) is 16.9 Å². The maximum Gasteiger partial charge on any atom is 0.303 e. The molecule has 0 aliphatic rings. The van der Waals surface area contributed by atoms with Crippen LogP contribution in [0.4, 0.5) is 0 Å². The Balaban J connectivity index is 1.99. The van der Waals surface area contributed by atoms with E-state index >= 15 is 0 Å². The average molecular weight is 262 g/mol. The van der Waals surface area contributed by atoms with Crippen LogP contribution in [0.15, 0.2) is 30.3 Å². The first kappa shape index (κ1) is 15.4. The van der Waals surface area contributed by atoms with Crippen LogP contribution in [0.2, 0.25) is 0 Å². The Bertz CT molecular complexity index is 384. The number of rotatable bonds is 10. The second kappa shape index (κ2) is 9.31. The Morgan fingerprint density at radius 2 is 1.32 bits per heavy atom. The fraction of sp³-hybridized carbons (Fsp3) is 0.500. The lowest BCUT2D eigenvalue weighted by Gasteiger charge is -2.02. The van der Waals surface area contributed by atoms with Crippen molar-refractivity contribution >= 4 is 11.8 Å². The maximum atomic E-state index is 11.8. The molecule has 1 aromatic carbocycles. The Labute approximate surface area is 114 Å². The molecule has 1 aromatic rings. The largest absolute Gasteiger partial charge is 0.481 e. The molecule has 104 valence electrons. The zero-order chi connectivity index (χ0) is 13.9. The summed E-state index contributed by atoms with van der Waals surface area (Å²) < 4.78 is 0. The molecular weight excluding hydrogens is 240 g/mol. The monoisotopic (exact) mass is 262 g/mol. The number of hydrogen-bond donors (Lipinski definition) is 1. The second-order valence-electron chi connectivity index (χ2n) is 4.80. The van der Waals surface area contributed by atoms with Gasteiger partial charge in [-0.1, -0.05) is 56.0 Å². The fourth-order valence-corrected chi connectivity index (χ4v) is 2.04. The second-order valence-corrected chi connectivity index (χ2v) is 4.80. The predicted octanol–water partition coefficient (Wildman–Crippen LogP) is 4.07. The molecule has 0 radical (unpaired) electrons. The van der Waals surface area contributed by atoms with Gasteiger partial charge in [0.2, 0.25) is 0 Å².